The van der Waals surface area contributed by atoms with Gasteiger partial charge >= 0.3 is 6.18 Å². The number of aromatic nitrogens is 2. The zero-order valence-corrected chi connectivity index (χ0v) is 21.9. The molecule has 1 amide bonds. The van der Waals surface area contributed by atoms with Crippen molar-refractivity contribution >= 4 is 28.3 Å². The van der Waals surface area contributed by atoms with Gasteiger partial charge in [0.25, 0.3) is 0 Å². The lowest BCUT2D eigenvalue weighted by Gasteiger charge is -2.32. The van der Waals surface area contributed by atoms with Crippen molar-refractivity contribution in [1.29, 1.82) is 0 Å². The second-order valence-corrected chi connectivity index (χ2v) is 9.24. The van der Waals surface area contributed by atoms with Crippen LogP contribution in [0.25, 0.3) is 10.9 Å². The molecule has 2 atom stereocenters. The van der Waals surface area contributed by atoms with E-state index in [1.807, 2.05) is 0 Å². The van der Waals surface area contributed by atoms with Crippen molar-refractivity contribution in [2.75, 3.05) is 44.5 Å². The maximum Gasteiger partial charge on any atom is 0.419 e. The topological polar surface area (TPSA) is 112 Å². The van der Waals surface area contributed by atoms with Crippen LogP contribution in [0.15, 0.2) is 24.3 Å². The predicted molar refractivity (Wildman–Crippen MR) is 136 cm³/mol. The van der Waals surface area contributed by atoms with Crippen LogP contribution in [0.1, 0.15) is 36.8 Å². The Morgan fingerprint density at radius 3 is 2.67 bits per heavy atom. The molecule has 1 aliphatic rings. The first-order chi connectivity index (χ1) is 18.4. The van der Waals surface area contributed by atoms with Crippen LogP contribution in [0.5, 0.6) is 11.5 Å². The SMILES string of the molecule is COc1cc2nc(C)nc(N[C@H](C)c3cc(N)cc(C(F)(F)F)c3F)c2cc1OC[C@@H]1CN(C(C)=O)CCO1. The van der Waals surface area contributed by atoms with Gasteiger partial charge in [0.15, 0.2) is 11.5 Å². The number of carbonyl (C=O) groups is 1. The van der Waals surface area contributed by atoms with Crippen LogP contribution in [0.2, 0.25) is 0 Å². The van der Waals surface area contributed by atoms with Crippen molar-refractivity contribution in [2.24, 2.45) is 0 Å². The lowest BCUT2D eigenvalue weighted by Crippen LogP contribution is -2.46. The van der Waals surface area contributed by atoms with E-state index < -0.39 is 23.6 Å². The molecule has 0 radical (unpaired) electrons. The van der Waals surface area contributed by atoms with Crippen molar-refractivity contribution in [3.63, 3.8) is 0 Å². The van der Waals surface area contributed by atoms with E-state index in [-0.39, 0.29) is 35.7 Å². The largest absolute Gasteiger partial charge is 0.493 e. The average Bonchev–Trinajstić information content (AvgIpc) is 2.87. The van der Waals surface area contributed by atoms with Crippen molar-refractivity contribution < 1.29 is 36.6 Å². The molecule has 3 aromatic rings. The third-order valence-electron chi connectivity index (χ3n) is 6.35. The monoisotopic (exact) mass is 551 g/mol. The number of halogens is 4. The average molecular weight is 552 g/mol. The number of hydrogen-bond acceptors (Lipinski definition) is 8. The molecule has 2 aromatic carbocycles. The fraction of sp³-hybridized carbons (Fsp3) is 0.423. The molecule has 1 aromatic heterocycles. The number of benzene rings is 2. The summed E-state index contributed by atoms with van der Waals surface area (Å²) < 4.78 is 72.1. The Kier molecular flexibility index (Phi) is 8.00. The molecule has 1 fully saturated rings. The summed E-state index contributed by atoms with van der Waals surface area (Å²) in [5.41, 5.74) is 4.21. The van der Waals surface area contributed by atoms with Crippen LogP contribution in [-0.2, 0) is 15.7 Å². The smallest absolute Gasteiger partial charge is 0.419 e. The number of nitrogens with two attached hydrogens (primary N) is 1. The molecule has 1 saturated heterocycles. The normalized spacial score (nSPS) is 16.7. The number of nitrogens with one attached hydrogen (secondary N) is 1. The van der Waals surface area contributed by atoms with Gasteiger partial charge in [-0.3, -0.25) is 4.79 Å². The molecule has 13 heteroatoms. The van der Waals surface area contributed by atoms with E-state index in [1.54, 1.807) is 24.0 Å². The summed E-state index contributed by atoms with van der Waals surface area (Å²) >= 11 is 0. The number of rotatable bonds is 7. The highest BCUT2D eigenvalue weighted by Gasteiger charge is 2.36. The number of methoxy groups -OCH3 is 1. The number of ether oxygens (including phenoxy) is 3. The van der Waals surface area contributed by atoms with Crippen LogP contribution in [0.3, 0.4) is 0 Å². The first-order valence-corrected chi connectivity index (χ1v) is 12.2. The van der Waals surface area contributed by atoms with Crippen molar-refractivity contribution in [3.8, 4) is 11.5 Å². The molecule has 4 rings (SSSR count). The first-order valence-electron chi connectivity index (χ1n) is 12.2. The molecule has 9 nitrogen and oxygen atoms in total. The quantitative estimate of drug-likeness (QED) is 0.327. The molecule has 0 aliphatic carbocycles. The minimum atomic E-state index is -4.90. The fourth-order valence-corrected chi connectivity index (χ4v) is 4.40. The molecular formula is C26H29F4N5O4. The summed E-state index contributed by atoms with van der Waals surface area (Å²) in [5, 5.41) is 3.47. The minimum Gasteiger partial charge on any atom is -0.493 e. The lowest BCUT2D eigenvalue weighted by atomic mass is 10.0. The van der Waals surface area contributed by atoms with Gasteiger partial charge in [-0.15, -0.1) is 0 Å². The van der Waals surface area contributed by atoms with Crippen molar-refractivity contribution in [3.05, 3.63) is 47.0 Å². The van der Waals surface area contributed by atoms with Crippen molar-refractivity contribution in [2.45, 2.75) is 39.1 Å². The van der Waals surface area contributed by atoms with Gasteiger partial charge in [-0.25, -0.2) is 14.4 Å². The van der Waals surface area contributed by atoms with Crippen molar-refractivity contribution in [1.82, 2.24) is 14.9 Å². The maximum absolute atomic E-state index is 14.9. The Labute approximate surface area is 222 Å². The Morgan fingerprint density at radius 1 is 1.26 bits per heavy atom. The number of anilines is 2. The molecule has 39 heavy (non-hydrogen) atoms. The number of aryl methyl sites for hydroxylation is 1. The van der Waals surface area contributed by atoms with Gasteiger partial charge < -0.3 is 30.2 Å². The van der Waals surface area contributed by atoms with E-state index in [9.17, 15) is 22.4 Å². The Morgan fingerprint density at radius 2 is 2.00 bits per heavy atom. The third kappa shape index (κ3) is 6.24. The minimum absolute atomic E-state index is 0.0529. The molecule has 1 aliphatic heterocycles. The molecule has 2 heterocycles. The summed E-state index contributed by atoms with van der Waals surface area (Å²) in [4.78, 5) is 22.2. The van der Waals surface area contributed by atoms with E-state index in [2.05, 4.69) is 15.3 Å². The fourth-order valence-electron chi connectivity index (χ4n) is 4.40. The first kappa shape index (κ1) is 28.1. The Hall–Kier alpha value is -3.87. The molecular weight excluding hydrogens is 522 g/mol. The van der Waals surface area contributed by atoms with Gasteiger partial charge in [0.1, 0.15) is 30.2 Å². The van der Waals surface area contributed by atoms with Gasteiger partial charge in [0.2, 0.25) is 5.91 Å². The highest BCUT2D eigenvalue weighted by Crippen LogP contribution is 2.38. The van der Waals surface area contributed by atoms with Gasteiger partial charge in [-0.05, 0) is 32.0 Å². The van der Waals surface area contributed by atoms with E-state index in [4.69, 9.17) is 19.9 Å². The zero-order chi connectivity index (χ0) is 28.5. The van der Waals surface area contributed by atoms with E-state index in [0.29, 0.717) is 54.0 Å². The number of morpholine rings is 1. The van der Waals surface area contributed by atoms with Gasteiger partial charge in [-0.2, -0.15) is 13.2 Å². The number of hydrogen-bond donors (Lipinski definition) is 2. The summed E-state index contributed by atoms with van der Waals surface area (Å²) in [7, 11) is 1.47. The van der Waals surface area contributed by atoms with Gasteiger partial charge in [0.05, 0.1) is 37.4 Å². The Bertz CT molecular complexity index is 1380. The van der Waals surface area contributed by atoms with Crippen LogP contribution in [-0.4, -0.2) is 60.3 Å². The maximum atomic E-state index is 14.9. The highest BCUT2D eigenvalue weighted by molar-refractivity contribution is 5.92. The second kappa shape index (κ2) is 11.1. The predicted octanol–water partition coefficient (Wildman–Crippen LogP) is 4.49. The molecule has 0 spiro atoms. The molecule has 210 valence electrons. The molecule has 0 bridgehead atoms. The number of nitrogens with zero attached hydrogens (tertiary/aromatic N) is 3. The number of amides is 1. The van der Waals surface area contributed by atoms with E-state index in [1.165, 1.54) is 21.0 Å². The molecule has 3 N–H and O–H groups in total. The standard InChI is InChI=1S/C26H29F4N5O4/c1-13(18-7-16(31)8-20(24(18)27)26(28,29)30)32-25-19-9-23(22(37-4)10-21(19)33-14(2)34-25)39-12-17-11-35(15(3)36)5-6-38-17/h7-10,13,17H,5-6,11-12,31H2,1-4H3,(H,32,33,34)/t13-,17+/m1/s1. The number of carbonyl (C=O) groups excluding carboxylic acids is 1. The van der Waals surface area contributed by atoms with Crippen LogP contribution >= 0.6 is 0 Å². The second-order valence-electron chi connectivity index (χ2n) is 9.24. The summed E-state index contributed by atoms with van der Waals surface area (Å²) in [6.45, 7) is 6.05. The number of fused-ring (bicyclic) bond motifs is 1. The lowest BCUT2D eigenvalue weighted by molar-refractivity contribution is -0.140. The number of alkyl halides is 3. The van der Waals surface area contributed by atoms with Gasteiger partial charge in [0, 0.05) is 36.2 Å². The van der Waals surface area contributed by atoms with Crippen LogP contribution < -0.4 is 20.5 Å². The van der Waals surface area contributed by atoms with E-state index >= 15 is 0 Å². The summed E-state index contributed by atoms with van der Waals surface area (Å²) in [6, 6.07) is 4.06. The van der Waals surface area contributed by atoms with Crippen LogP contribution in [0.4, 0.5) is 29.1 Å². The highest BCUT2D eigenvalue weighted by atomic mass is 19.4. The van der Waals surface area contributed by atoms with Crippen LogP contribution in [0, 0.1) is 12.7 Å². The molecule has 0 saturated carbocycles. The molecule has 0 unspecified atom stereocenters. The third-order valence-corrected chi connectivity index (χ3v) is 6.35. The zero-order valence-electron chi connectivity index (χ0n) is 21.9. The summed E-state index contributed by atoms with van der Waals surface area (Å²) in [5.74, 6) is -0.115. The number of nitrogen functional groups attached to an aromatic ring is 1. The summed E-state index contributed by atoms with van der Waals surface area (Å²) in [6.07, 6.45) is -5.26. The van der Waals surface area contributed by atoms with Gasteiger partial charge in [-0.1, -0.05) is 0 Å². The van der Waals surface area contributed by atoms with E-state index in [0.717, 1.165) is 6.07 Å². The Balaban J connectivity index is 1.65.